The predicted octanol–water partition coefficient (Wildman–Crippen LogP) is 2.58. The molecule has 180 valence electrons. The summed E-state index contributed by atoms with van der Waals surface area (Å²) in [6.45, 7) is 1.58. The third kappa shape index (κ3) is 3.49. The lowest BCUT2D eigenvalue weighted by Gasteiger charge is -2.46. The molecule has 0 aromatic heterocycles. The van der Waals surface area contributed by atoms with Gasteiger partial charge in [0.1, 0.15) is 24.1 Å². The average Bonchev–Trinajstić information content (AvgIpc) is 3.27. The van der Waals surface area contributed by atoms with Gasteiger partial charge in [0, 0.05) is 18.0 Å². The number of halogens is 1. The fraction of sp³-hybridized carbons (Fsp3) is 0.304. The van der Waals surface area contributed by atoms with Crippen LogP contribution in [-0.4, -0.2) is 66.5 Å². The number of nitro benzene ring substituents is 1. The first kappa shape index (κ1) is 23.3. The van der Waals surface area contributed by atoms with Crippen molar-refractivity contribution in [2.45, 2.75) is 35.7 Å². The summed E-state index contributed by atoms with van der Waals surface area (Å²) in [6.07, 6.45) is 0. The van der Waals surface area contributed by atoms with Gasteiger partial charge in [-0.3, -0.25) is 29.4 Å². The molecule has 0 spiro atoms. The Morgan fingerprint density at radius 1 is 1.11 bits per heavy atom. The number of alkyl halides is 1. The van der Waals surface area contributed by atoms with Crippen LogP contribution in [0.4, 0.5) is 5.69 Å². The van der Waals surface area contributed by atoms with Gasteiger partial charge in [-0.15, -0.1) is 23.4 Å². The minimum Gasteiger partial charge on any atom is -0.459 e. The van der Waals surface area contributed by atoms with Gasteiger partial charge in [-0.1, -0.05) is 12.1 Å². The first-order chi connectivity index (χ1) is 16.7. The van der Waals surface area contributed by atoms with Crippen LogP contribution in [0.25, 0.3) is 0 Å². The lowest BCUT2D eigenvalue weighted by atomic mass is 9.95. The maximum atomic E-state index is 13.2. The third-order valence-electron chi connectivity index (χ3n) is 6.42. The second-order valence-electron chi connectivity index (χ2n) is 8.60. The van der Waals surface area contributed by atoms with Crippen molar-refractivity contribution in [3.8, 4) is 0 Å². The summed E-state index contributed by atoms with van der Waals surface area (Å²) in [6, 6.07) is 9.88. The maximum absolute atomic E-state index is 13.2. The standard InChI is InChI=1S/C23H18ClN3O7S/c1-23(11-24)17(22(31)34-10-12-6-8-13(9-7-12)27(32)33)26-20(30)16(21(26)35-23)25-18(28)14-4-2-3-5-15(14)19(25)29/h2-9,16-17,21H,10-11H2,1H3/t16?,17?,21-,23+/m1/s1. The predicted molar refractivity (Wildman–Crippen MR) is 125 cm³/mol. The number of nitrogens with zero attached hydrogens (tertiary/aromatic N) is 3. The number of imide groups is 1. The second-order valence-corrected chi connectivity index (χ2v) is 10.5. The molecule has 0 N–H and O–H groups in total. The average molecular weight is 516 g/mol. The van der Waals surface area contributed by atoms with E-state index in [1.165, 1.54) is 40.9 Å². The number of carbonyl (C=O) groups excluding carboxylic acids is 4. The van der Waals surface area contributed by atoms with Crippen LogP contribution >= 0.6 is 23.4 Å². The van der Waals surface area contributed by atoms with Crippen LogP contribution in [0.3, 0.4) is 0 Å². The van der Waals surface area contributed by atoms with Gasteiger partial charge in [-0.05, 0) is 36.8 Å². The number of amides is 3. The van der Waals surface area contributed by atoms with Crippen LogP contribution in [-0.2, 0) is 20.9 Å². The zero-order valence-corrected chi connectivity index (χ0v) is 19.8. The Labute approximate surface area is 208 Å². The molecule has 2 fully saturated rings. The van der Waals surface area contributed by atoms with Gasteiger partial charge in [-0.2, -0.15) is 0 Å². The quantitative estimate of drug-likeness (QED) is 0.143. The summed E-state index contributed by atoms with van der Waals surface area (Å²) in [5.74, 6) is -2.27. The summed E-state index contributed by atoms with van der Waals surface area (Å²) in [4.78, 5) is 64.7. The van der Waals surface area contributed by atoms with E-state index in [9.17, 15) is 29.3 Å². The Hall–Kier alpha value is -3.44. The summed E-state index contributed by atoms with van der Waals surface area (Å²) >= 11 is 7.48. The van der Waals surface area contributed by atoms with Crippen LogP contribution in [0, 0.1) is 10.1 Å². The fourth-order valence-electron chi connectivity index (χ4n) is 4.61. The van der Waals surface area contributed by atoms with Gasteiger partial charge in [-0.25, -0.2) is 4.79 Å². The number of benzene rings is 2. The molecule has 0 aliphatic carbocycles. The van der Waals surface area contributed by atoms with E-state index >= 15 is 0 Å². The number of carbonyl (C=O) groups is 4. The van der Waals surface area contributed by atoms with Crippen molar-refractivity contribution >= 4 is 52.7 Å². The van der Waals surface area contributed by atoms with Gasteiger partial charge in [0.25, 0.3) is 23.4 Å². The minimum atomic E-state index is -1.04. The molecule has 2 aromatic rings. The van der Waals surface area contributed by atoms with E-state index in [2.05, 4.69) is 0 Å². The molecule has 3 aliphatic rings. The molecule has 12 heteroatoms. The molecule has 10 nitrogen and oxygen atoms in total. The van der Waals surface area contributed by atoms with Crippen molar-refractivity contribution in [3.05, 3.63) is 75.3 Å². The largest absolute Gasteiger partial charge is 0.459 e. The highest BCUT2D eigenvalue weighted by Crippen LogP contribution is 2.53. The van der Waals surface area contributed by atoms with E-state index in [1.807, 2.05) is 0 Å². The molecule has 35 heavy (non-hydrogen) atoms. The fourth-order valence-corrected chi connectivity index (χ4v) is 6.61. The summed E-state index contributed by atoms with van der Waals surface area (Å²) in [5, 5.41) is 10.2. The number of esters is 1. The zero-order valence-electron chi connectivity index (χ0n) is 18.3. The van der Waals surface area contributed by atoms with E-state index in [-0.39, 0.29) is 29.3 Å². The number of hydrogen-bond acceptors (Lipinski definition) is 8. The van der Waals surface area contributed by atoms with Gasteiger partial charge >= 0.3 is 5.97 Å². The van der Waals surface area contributed by atoms with Crippen molar-refractivity contribution in [2.24, 2.45) is 0 Å². The van der Waals surface area contributed by atoms with Gasteiger partial charge < -0.3 is 9.64 Å². The van der Waals surface area contributed by atoms with Crippen LogP contribution in [0.15, 0.2) is 48.5 Å². The molecular weight excluding hydrogens is 498 g/mol. The SMILES string of the molecule is C[C@@]1(CCl)S[C@@H]2C(N3C(=O)c4ccccc4C3=O)C(=O)N2C1C(=O)OCc1ccc([N+](=O)[O-])cc1. The maximum Gasteiger partial charge on any atom is 0.330 e. The molecule has 0 bridgehead atoms. The molecule has 0 radical (unpaired) electrons. The lowest BCUT2D eigenvalue weighted by molar-refractivity contribution is -0.384. The number of thioether (sulfide) groups is 1. The normalized spacial score (nSPS) is 26.9. The van der Waals surface area contributed by atoms with Crippen LogP contribution in [0.2, 0.25) is 0 Å². The zero-order chi connectivity index (χ0) is 25.1. The highest BCUT2D eigenvalue weighted by Gasteiger charge is 2.68. The van der Waals surface area contributed by atoms with Gasteiger partial charge in [0.2, 0.25) is 0 Å². The smallest absolute Gasteiger partial charge is 0.330 e. The summed E-state index contributed by atoms with van der Waals surface area (Å²) in [7, 11) is 0. The van der Waals surface area contributed by atoms with Crippen LogP contribution < -0.4 is 0 Å². The third-order valence-corrected chi connectivity index (χ3v) is 8.76. The monoisotopic (exact) mass is 515 g/mol. The lowest BCUT2D eigenvalue weighted by Crippen LogP contribution is -2.71. The first-order valence-electron chi connectivity index (χ1n) is 10.6. The Kier molecular flexibility index (Phi) is 5.56. The number of β-lactam (4-membered cyclic amide) rings is 1. The van der Waals surface area contributed by atoms with Crippen LogP contribution in [0.5, 0.6) is 0 Å². The minimum absolute atomic E-state index is 0.0179. The summed E-state index contributed by atoms with van der Waals surface area (Å²) < 4.78 is 4.53. The van der Waals surface area contributed by atoms with Crippen molar-refractivity contribution in [2.75, 3.05) is 5.88 Å². The Balaban J connectivity index is 1.34. The number of ether oxygens (including phenoxy) is 1. The molecule has 5 rings (SSSR count). The molecule has 2 unspecified atom stereocenters. The number of fused-ring (bicyclic) bond motifs is 2. The van der Waals surface area contributed by atoms with Crippen molar-refractivity contribution < 1.29 is 28.8 Å². The van der Waals surface area contributed by atoms with E-state index in [0.717, 1.165) is 4.90 Å². The highest BCUT2D eigenvalue weighted by molar-refractivity contribution is 8.01. The molecule has 3 aliphatic heterocycles. The van der Waals surface area contributed by atoms with E-state index in [4.69, 9.17) is 16.3 Å². The molecule has 3 amide bonds. The van der Waals surface area contributed by atoms with Crippen molar-refractivity contribution in [3.63, 3.8) is 0 Å². The van der Waals surface area contributed by atoms with E-state index < -0.39 is 50.8 Å². The molecule has 0 saturated carbocycles. The summed E-state index contributed by atoms with van der Waals surface area (Å²) in [5.41, 5.74) is 0.935. The Bertz CT molecular complexity index is 1250. The number of hydrogen-bond donors (Lipinski definition) is 0. The Morgan fingerprint density at radius 3 is 2.26 bits per heavy atom. The van der Waals surface area contributed by atoms with E-state index in [0.29, 0.717) is 5.56 Å². The molecular formula is C23H18ClN3O7S. The van der Waals surface area contributed by atoms with Crippen molar-refractivity contribution in [1.29, 1.82) is 0 Å². The molecule has 2 saturated heterocycles. The number of rotatable bonds is 6. The van der Waals surface area contributed by atoms with E-state index in [1.54, 1.807) is 31.2 Å². The Morgan fingerprint density at radius 2 is 1.71 bits per heavy atom. The molecule has 4 atom stereocenters. The van der Waals surface area contributed by atoms with Gasteiger partial charge in [0.05, 0.1) is 20.8 Å². The molecule has 2 aromatic carbocycles. The van der Waals surface area contributed by atoms with Gasteiger partial charge in [0.15, 0.2) is 0 Å². The number of non-ortho nitro benzene ring substituents is 1. The van der Waals surface area contributed by atoms with Crippen molar-refractivity contribution in [1.82, 2.24) is 9.80 Å². The number of nitro groups is 1. The topological polar surface area (TPSA) is 127 Å². The second kappa shape index (κ2) is 8.35. The molecule has 3 heterocycles. The van der Waals surface area contributed by atoms with Crippen LogP contribution in [0.1, 0.15) is 33.2 Å². The highest BCUT2D eigenvalue weighted by atomic mass is 35.5. The first-order valence-corrected chi connectivity index (χ1v) is 12.0.